The first-order valence-electron chi connectivity index (χ1n) is 7.86. The van der Waals surface area contributed by atoms with Crippen LogP contribution in [0.25, 0.3) is 0 Å². The van der Waals surface area contributed by atoms with Gasteiger partial charge in [-0.05, 0) is 54.6 Å². The minimum atomic E-state index is -0.0275. The number of hydrogen-bond donors (Lipinski definition) is 2. The summed E-state index contributed by atoms with van der Waals surface area (Å²) < 4.78 is 0. The second-order valence-corrected chi connectivity index (χ2v) is 7.69. The van der Waals surface area contributed by atoms with E-state index in [1.807, 2.05) is 6.07 Å². The Balaban J connectivity index is 1.64. The number of carbonyl (C=O) groups is 1. The first-order chi connectivity index (χ1) is 10.2. The zero-order chi connectivity index (χ0) is 14.7. The molecule has 1 aromatic rings. The Morgan fingerprint density at radius 2 is 2.14 bits per heavy atom. The molecule has 2 aliphatic rings. The smallest absolute Gasteiger partial charge is 0.237 e. The highest BCUT2D eigenvalue weighted by atomic mass is 32.2. The van der Waals surface area contributed by atoms with Crippen molar-refractivity contribution in [3.63, 3.8) is 0 Å². The lowest BCUT2D eigenvalue weighted by molar-refractivity contribution is -0.121. The molecule has 1 amide bonds. The summed E-state index contributed by atoms with van der Waals surface area (Å²) in [6.45, 7) is 5.21. The Morgan fingerprint density at radius 3 is 2.95 bits per heavy atom. The van der Waals surface area contributed by atoms with Crippen LogP contribution < -0.4 is 10.6 Å². The molecule has 21 heavy (non-hydrogen) atoms. The maximum absolute atomic E-state index is 12.6. The average molecular weight is 304 g/mol. The number of carbonyl (C=O) groups excluding carboxylic acids is 1. The standard InChI is InChI=1S/C17H24N2OS/c1-17(7-9-18-10-8-17)12-19-16(20)15-14-5-3-2-4-13(14)6-11-21-15/h2-5,15,18H,6-12H2,1H3,(H,19,20). The van der Waals surface area contributed by atoms with E-state index in [9.17, 15) is 4.79 Å². The summed E-state index contributed by atoms with van der Waals surface area (Å²) in [6, 6.07) is 8.38. The number of aryl methyl sites for hydroxylation is 1. The number of thioether (sulfide) groups is 1. The van der Waals surface area contributed by atoms with Crippen molar-refractivity contribution in [1.29, 1.82) is 0 Å². The van der Waals surface area contributed by atoms with Gasteiger partial charge in [0.15, 0.2) is 0 Å². The van der Waals surface area contributed by atoms with E-state index in [1.54, 1.807) is 11.8 Å². The molecule has 0 bridgehead atoms. The van der Waals surface area contributed by atoms with E-state index in [0.717, 1.165) is 44.6 Å². The van der Waals surface area contributed by atoms with Crippen LogP contribution in [-0.2, 0) is 11.2 Å². The van der Waals surface area contributed by atoms with Crippen LogP contribution in [0.5, 0.6) is 0 Å². The van der Waals surface area contributed by atoms with Gasteiger partial charge < -0.3 is 10.6 Å². The van der Waals surface area contributed by atoms with Crippen molar-refractivity contribution in [2.24, 2.45) is 5.41 Å². The third-order valence-corrected chi connectivity index (χ3v) is 5.97. The highest BCUT2D eigenvalue weighted by Gasteiger charge is 2.30. The molecule has 0 spiro atoms. The summed E-state index contributed by atoms with van der Waals surface area (Å²) in [7, 11) is 0. The lowest BCUT2D eigenvalue weighted by Gasteiger charge is -2.35. The summed E-state index contributed by atoms with van der Waals surface area (Å²) in [5, 5.41) is 6.58. The van der Waals surface area contributed by atoms with E-state index in [1.165, 1.54) is 11.1 Å². The molecule has 1 fully saturated rings. The van der Waals surface area contributed by atoms with Crippen LogP contribution in [0, 0.1) is 5.41 Å². The number of benzene rings is 1. The van der Waals surface area contributed by atoms with E-state index in [0.29, 0.717) is 0 Å². The molecule has 0 radical (unpaired) electrons. The molecule has 0 saturated carbocycles. The fourth-order valence-corrected chi connectivity index (χ4v) is 4.43. The van der Waals surface area contributed by atoms with Crippen molar-refractivity contribution in [3.8, 4) is 0 Å². The van der Waals surface area contributed by atoms with Gasteiger partial charge in [-0.15, -0.1) is 11.8 Å². The summed E-state index contributed by atoms with van der Waals surface area (Å²) >= 11 is 1.78. The first-order valence-corrected chi connectivity index (χ1v) is 8.91. The molecule has 2 heterocycles. The van der Waals surface area contributed by atoms with Gasteiger partial charge in [-0.2, -0.15) is 0 Å². The molecule has 3 rings (SSSR count). The van der Waals surface area contributed by atoms with E-state index in [4.69, 9.17) is 0 Å². The largest absolute Gasteiger partial charge is 0.354 e. The fourth-order valence-electron chi connectivity index (χ4n) is 3.21. The molecule has 0 aromatic heterocycles. The summed E-state index contributed by atoms with van der Waals surface area (Å²) in [6.07, 6.45) is 3.36. The van der Waals surface area contributed by atoms with Gasteiger partial charge in [0.25, 0.3) is 0 Å². The Morgan fingerprint density at radius 1 is 1.38 bits per heavy atom. The second kappa shape index (κ2) is 6.41. The molecule has 1 aromatic carbocycles. The minimum absolute atomic E-state index is 0.0275. The number of rotatable bonds is 3. The fraction of sp³-hybridized carbons (Fsp3) is 0.588. The quantitative estimate of drug-likeness (QED) is 0.901. The summed E-state index contributed by atoms with van der Waals surface area (Å²) in [5.41, 5.74) is 2.80. The molecule has 0 aliphatic carbocycles. The zero-order valence-corrected chi connectivity index (χ0v) is 13.5. The van der Waals surface area contributed by atoms with Crippen LogP contribution in [0.2, 0.25) is 0 Å². The van der Waals surface area contributed by atoms with Gasteiger partial charge in [-0.1, -0.05) is 31.2 Å². The van der Waals surface area contributed by atoms with Gasteiger partial charge in [0.1, 0.15) is 5.25 Å². The number of piperidine rings is 1. The molecule has 2 aliphatic heterocycles. The SMILES string of the molecule is CC1(CNC(=O)C2SCCc3ccccc32)CCNCC1. The Hall–Kier alpha value is -1.00. The normalized spacial score (nSPS) is 24.1. The predicted octanol–water partition coefficient (Wildman–Crippen LogP) is 2.52. The van der Waals surface area contributed by atoms with Crippen molar-refractivity contribution >= 4 is 17.7 Å². The highest BCUT2D eigenvalue weighted by Crippen LogP contribution is 2.37. The molecule has 2 N–H and O–H groups in total. The van der Waals surface area contributed by atoms with Gasteiger partial charge in [-0.3, -0.25) is 4.79 Å². The van der Waals surface area contributed by atoms with E-state index < -0.39 is 0 Å². The molecule has 1 atom stereocenters. The molecule has 1 saturated heterocycles. The molecule has 1 unspecified atom stereocenters. The third-order valence-electron chi connectivity index (χ3n) is 4.73. The highest BCUT2D eigenvalue weighted by molar-refractivity contribution is 8.00. The van der Waals surface area contributed by atoms with E-state index >= 15 is 0 Å². The first kappa shape index (κ1) is 14.9. The zero-order valence-electron chi connectivity index (χ0n) is 12.7. The van der Waals surface area contributed by atoms with Crippen molar-refractivity contribution in [3.05, 3.63) is 35.4 Å². The van der Waals surface area contributed by atoms with Crippen molar-refractivity contribution in [1.82, 2.24) is 10.6 Å². The second-order valence-electron chi connectivity index (χ2n) is 6.48. The molecule has 114 valence electrons. The monoisotopic (exact) mass is 304 g/mol. The van der Waals surface area contributed by atoms with Crippen LogP contribution in [0.15, 0.2) is 24.3 Å². The van der Waals surface area contributed by atoms with Crippen molar-refractivity contribution < 1.29 is 4.79 Å². The molecular formula is C17H24N2OS. The van der Waals surface area contributed by atoms with Crippen LogP contribution in [-0.4, -0.2) is 31.3 Å². The van der Waals surface area contributed by atoms with E-state index in [-0.39, 0.29) is 16.6 Å². The maximum Gasteiger partial charge on any atom is 0.237 e. The Labute approximate surface area is 131 Å². The average Bonchev–Trinajstić information content (AvgIpc) is 2.53. The van der Waals surface area contributed by atoms with Crippen molar-refractivity contribution in [2.75, 3.05) is 25.4 Å². The number of amides is 1. The minimum Gasteiger partial charge on any atom is -0.354 e. The lowest BCUT2D eigenvalue weighted by atomic mass is 9.81. The molecular weight excluding hydrogens is 280 g/mol. The van der Waals surface area contributed by atoms with Crippen LogP contribution in [0.1, 0.15) is 36.1 Å². The van der Waals surface area contributed by atoms with E-state index in [2.05, 4.69) is 35.8 Å². The Kier molecular flexibility index (Phi) is 4.55. The molecule has 4 heteroatoms. The summed E-state index contributed by atoms with van der Waals surface area (Å²) in [5.74, 6) is 1.22. The van der Waals surface area contributed by atoms with Gasteiger partial charge >= 0.3 is 0 Å². The Bertz CT molecular complexity index is 511. The predicted molar refractivity (Wildman–Crippen MR) is 88.6 cm³/mol. The maximum atomic E-state index is 12.6. The number of hydrogen-bond acceptors (Lipinski definition) is 3. The third kappa shape index (κ3) is 3.43. The van der Waals surface area contributed by atoms with Crippen LogP contribution in [0.4, 0.5) is 0 Å². The molecule has 3 nitrogen and oxygen atoms in total. The van der Waals surface area contributed by atoms with Gasteiger partial charge in [0, 0.05) is 6.54 Å². The topological polar surface area (TPSA) is 41.1 Å². The van der Waals surface area contributed by atoms with Gasteiger partial charge in [-0.25, -0.2) is 0 Å². The van der Waals surface area contributed by atoms with Crippen molar-refractivity contribution in [2.45, 2.75) is 31.4 Å². The number of nitrogens with one attached hydrogen (secondary N) is 2. The summed E-state index contributed by atoms with van der Waals surface area (Å²) in [4.78, 5) is 12.6. The number of fused-ring (bicyclic) bond motifs is 1. The van der Waals surface area contributed by atoms with Gasteiger partial charge in [0.2, 0.25) is 5.91 Å². The van der Waals surface area contributed by atoms with Crippen LogP contribution >= 0.6 is 11.8 Å². The van der Waals surface area contributed by atoms with Gasteiger partial charge in [0.05, 0.1) is 0 Å². The van der Waals surface area contributed by atoms with Crippen LogP contribution in [0.3, 0.4) is 0 Å². The lowest BCUT2D eigenvalue weighted by Crippen LogP contribution is -2.44.